The molecule has 0 heterocycles. The molecule has 7 heteroatoms. The van der Waals surface area contributed by atoms with Gasteiger partial charge in [-0.25, -0.2) is 0 Å². The van der Waals surface area contributed by atoms with E-state index in [9.17, 15) is 18.3 Å². The van der Waals surface area contributed by atoms with E-state index < -0.39 is 24.1 Å². The van der Waals surface area contributed by atoms with Crippen molar-refractivity contribution in [1.29, 1.82) is 0 Å². The molecule has 0 aliphatic rings. The Morgan fingerprint density at radius 1 is 1.35 bits per heavy atom. The van der Waals surface area contributed by atoms with Gasteiger partial charge in [-0.3, -0.25) is 0 Å². The molecule has 0 amide bonds. The highest BCUT2D eigenvalue weighted by atomic mass is 127. The first-order valence-electron chi connectivity index (χ1n) is 4.55. The van der Waals surface area contributed by atoms with Crippen molar-refractivity contribution in [3.63, 3.8) is 0 Å². The highest BCUT2D eigenvalue weighted by Crippen LogP contribution is 2.33. The third-order valence-corrected chi connectivity index (χ3v) is 2.73. The molecule has 3 nitrogen and oxygen atoms in total. The summed E-state index contributed by atoms with van der Waals surface area (Å²) in [5, 5.41) is 18.2. The first-order chi connectivity index (χ1) is 7.65. The van der Waals surface area contributed by atoms with Gasteiger partial charge in [0.05, 0.1) is 9.13 Å². The molecule has 96 valence electrons. The second-order valence-corrected chi connectivity index (χ2v) is 4.74. The monoisotopic (exact) mass is 362 g/mol. The minimum Gasteiger partial charge on any atom is -0.459 e. The smallest absolute Gasteiger partial charge is 0.416 e. The zero-order valence-electron chi connectivity index (χ0n) is 8.75. The van der Waals surface area contributed by atoms with Gasteiger partial charge in [-0.15, -0.1) is 0 Å². The van der Waals surface area contributed by atoms with Gasteiger partial charge in [0.25, 0.3) is 0 Å². The van der Waals surface area contributed by atoms with Crippen molar-refractivity contribution in [2.24, 2.45) is 0 Å². The molecule has 0 aliphatic heterocycles. The average molecular weight is 362 g/mol. The number of alkyl halides is 3. The van der Waals surface area contributed by atoms with E-state index in [0.717, 1.165) is 18.2 Å². The second kappa shape index (κ2) is 4.99. The van der Waals surface area contributed by atoms with Gasteiger partial charge in [-0.05, 0) is 40.8 Å². The molecule has 0 fully saturated rings. The van der Waals surface area contributed by atoms with Gasteiger partial charge in [-0.2, -0.15) is 13.2 Å². The summed E-state index contributed by atoms with van der Waals surface area (Å²) in [4.78, 5) is 0. The normalized spacial score (nSPS) is 15.5. The molecular formula is C10H10F3IO3. The minimum absolute atomic E-state index is 0.0812. The van der Waals surface area contributed by atoms with E-state index in [1.807, 2.05) is 0 Å². The van der Waals surface area contributed by atoms with Crippen molar-refractivity contribution in [2.75, 3.05) is 6.61 Å². The average Bonchev–Trinajstić information content (AvgIpc) is 2.19. The first-order valence-corrected chi connectivity index (χ1v) is 5.62. The van der Waals surface area contributed by atoms with Crippen LogP contribution in [0.3, 0.4) is 0 Å². The topological polar surface area (TPSA) is 49.7 Å². The number of rotatable bonds is 3. The molecule has 0 saturated carbocycles. The maximum Gasteiger partial charge on any atom is 0.416 e. The molecule has 0 aliphatic carbocycles. The van der Waals surface area contributed by atoms with E-state index in [-0.39, 0.29) is 9.32 Å². The Morgan fingerprint density at radius 2 is 1.94 bits per heavy atom. The Morgan fingerprint density at radius 3 is 2.35 bits per heavy atom. The molecule has 0 aromatic heterocycles. The molecule has 2 N–H and O–H groups in total. The van der Waals surface area contributed by atoms with Gasteiger partial charge < -0.3 is 14.9 Å². The van der Waals surface area contributed by atoms with E-state index in [4.69, 9.17) is 9.84 Å². The third kappa shape index (κ3) is 4.00. The Labute approximate surface area is 109 Å². The fourth-order valence-corrected chi connectivity index (χ4v) is 1.65. The van der Waals surface area contributed by atoms with E-state index in [0.29, 0.717) is 0 Å². The molecule has 0 bridgehead atoms. The molecule has 1 unspecified atom stereocenters. The van der Waals surface area contributed by atoms with Crippen LogP contribution in [0.25, 0.3) is 0 Å². The molecule has 1 atom stereocenters. The number of hydrogen-bond acceptors (Lipinski definition) is 3. The molecule has 0 radical (unpaired) electrons. The number of halogens is 4. The van der Waals surface area contributed by atoms with Crippen LogP contribution in [0, 0.1) is 3.57 Å². The van der Waals surface area contributed by atoms with Crippen molar-refractivity contribution < 1.29 is 28.1 Å². The standard InChI is InChI=1S/C10H10F3IO3/c1-9(16,5-15)17-8-3-2-6(4-7(8)14)10(11,12)13/h2-4,15-16H,5H2,1H3. The van der Waals surface area contributed by atoms with Crippen molar-refractivity contribution >= 4 is 22.6 Å². The SMILES string of the molecule is CC(O)(CO)Oc1ccc(C(F)(F)F)cc1I. The molecule has 0 spiro atoms. The van der Waals surface area contributed by atoms with Crippen LogP contribution in [-0.2, 0) is 6.18 Å². The van der Waals surface area contributed by atoms with Crippen LogP contribution < -0.4 is 4.74 Å². The predicted octanol–water partition coefficient (Wildman–Crippen LogP) is 2.39. The largest absolute Gasteiger partial charge is 0.459 e. The van der Waals surface area contributed by atoms with E-state index >= 15 is 0 Å². The summed E-state index contributed by atoms with van der Waals surface area (Å²) < 4.78 is 42.3. The summed E-state index contributed by atoms with van der Waals surface area (Å²) in [5.74, 6) is -1.74. The third-order valence-electron chi connectivity index (χ3n) is 1.88. The summed E-state index contributed by atoms with van der Waals surface area (Å²) in [6.07, 6.45) is -4.42. The Balaban J connectivity index is 2.99. The van der Waals surface area contributed by atoms with Crippen LogP contribution in [0.1, 0.15) is 12.5 Å². The van der Waals surface area contributed by atoms with Crippen molar-refractivity contribution in [3.8, 4) is 5.75 Å². The maximum absolute atomic E-state index is 12.4. The number of hydrogen-bond donors (Lipinski definition) is 2. The summed E-state index contributed by atoms with van der Waals surface area (Å²) >= 11 is 1.66. The van der Waals surface area contributed by atoms with Crippen LogP contribution in [0.2, 0.25) is 0 Å². The van der Waals surface area contributed by atoms with Crippen molar-refractivity contribution in [2.45, 2.75) is 18.9 Å². The van der Waals surface area contributed by atoms with Gasteiger partial charge in [0.2, 0.25) is 5.79 Å². The molecule has 1 aromatic rings. The van der Waals surface area contributed by atoms with Crippen LogP contribution in [0.5, 0.6) is 5.75 Å². The van der Waals surface area contributed by atoms with Crippen LogP contribution in [0.4, 0.5) is 13.2 Å². The fraction of sp³-hybridized carbons (Fsp3) is 0.400. The summed E-state index contributed by atoms with van der Waals surface area (Å²) in [5.41, 5.74) is -0.794. The second-order valence-electron chi connectivity index (χ2n) is 3.58. The maximum atomic E-state index is 12.4. The van der Waals surface area contributed by atoms with E-state index in [2.05, 4.69) is 0 Å². The highest BCUT2D eigenvalue weighted by Gasteiger charge is 2.31. The number of aliphatic hydroxyl groups excluding tert-OH is 1. The number of aliphatic hydroxyl groups is 2. The highest BCUT2D eigenvalue weighted by molar-refractivity contribution is 14.1. The van der Waals surface area contributed by atoms with Crippen LogP contribution in [-0.4, -0.2) is 22.6 Å². The summed E-state index contributed by atoms with van der Waals surface area (Å²) in [7, 11) is 0. The first kappa shape index (κ1) is 14.5. The Bertz CT molecular complexity index is 404. The zero-order valence-corrected chi connectivity index (χ0v) is 10.9. The van der Waals surface area contributed by atoms with Gasteiger partial charge in [0.1, 0.15) is 12.4 Å². The fourth-order valence-electron chi connectivity index (χ4n) is 1.03. The van der Waals surface area contributed by atoms with Gasteiger partial charge in [0.15, 0.2) is 0 Å². The van der Waals surface area contributed by atoms with Gasteiger partial charge >= 0.3 is 6.18 Å². The molecule has 0 saturated heterocycles. The lowest BCUT2D eigenvalue weighted by atomic mass is 10.2. The van der Waals surface area contributed by atoms with Gasteiger partial charge in [0, 0.05) is 6.92 Å². The minimum atomic E-state index is -4.42. The van der Waals surface area contributed by atoms with Crippen molar-refractivity contribution in [3.05, 3.63) is 27.3 Å². The summed E-state index contributed by atoms with van der Waals surface area (Å²) in [6, 6.07) is 2.86. The van der Waals surface area contributed by atoms with Crippen molar-refractivity contribution in [1.82, 2.24) is 0 Å². The van der Waals surface area contributed by atoms with Crippen LogP contribution in [0.15, 0.2) is 18.2 Å². The quantitative estimate of drug-likeness (QED) is 0.642. The zero-order chi connectivity index (χ0) is 13.3. The lowest BCUT2D eigenvalue weighted by molar-refractivity contribution is -0.151. The lowest BCUT2D eigenvalue weighted by Gasteiger charge is -2.23. The molecule has 17 heavy (non-hydrogen) atoms. The lowest BCUT2D eigenvalue weighted by Crippen LogP contribution is -2.36. The summed E-state index contributed by atoms with van der Waals surface area (Å²) in [6.45, 7) is 0.546. The molecule has 1 aromatic carbocycles. The van der Waals surface area contributed by atoms with E-state index in [1.165, 1.54) is 6.92 Å². The Kier molecular flexibility index (Phi) is 4.26. The van der Waals surface area contributed by atoms with Gasteiger partial charge in [-0.1, -0.05) is 0 Å². The number of ether oxygens (including phenoxy) is 1. The molecular weight excluding hydrogens is 352 g/mol. The van der Waals surface area contributed by atoms with Crippen LogP contribution >= 0.6 is 22.6 Å². The van der Waals surface area contributed by atoms with E-state index in [1.54, 1.807) is 22.6 Å². The molecule has 1 rings (SSSR count). The number of benzene rings is 1. The predicted molar refractivity (Wildman–Crippen MR) is 62.5 cm³/mol. The Hall–Kier alpha value is -0.540.